The lowest BCUT2D eigenvalue weighted by Crippen LogP contribution is -2.44. The molecule has 0 spiro atoms. The summed E-state index contributed by atoms with van der Waals surface area (Å²) < 4.78 is 3.13. The molecule has 1 atom stereocenters. The topological polar surface area (TPSA) is 136 Å². The predicted octanol–water partition coefficient (Wildman–Crippen LogP) is 3.01. The molecule has 1 aliphatic rings. The number of fused-ring (bicyclic) bond motifs is 1. The number of tetrazole rings is 1. The molecule has 2 aromatic carbocycles. The van der Waals surface area contributed by atoms with Gasteiger partial charge in [-0.1, -0.05) is 23.7 Å². The molecule has 0 fully saturated rings. The summed E-state index contributed by atoms with van der Waals surface area (Å²) in [6.45, 7) is 2.23. The highest BCUT2D eigenvalue weighted by Gasteiger charge is 2.38. The largest absolute Gasteiger partial charge is 0.478 e. The molecule has 0 radical (unpaired) electrons. The molecular weight excluding hydrogens is 522 g/mol. The molecule has 0 saturated carbocycles. The Labute approximate surface area is 228 Å². The lowest BCUT2D eigenvalue weighted by atomic mass is 9.91. The van der Waals surface area contributed by atoms with Gasteiger partial charge in [-0.15, -0.1) is 5.10 Å². The van der Waals surface area contributed by atoms with E-state index >= 15 is 0 Å². The number of hydrogen-bond donors (Lipinski definition) is 1. The van der Waals surface area contributed by atoms with Crippen LogP contribution in [0.2, 0.25) is 5.02 Å². The van der Waals surface area contributed by atoms with E-state index in [9.17, 15) is 19.5 Å². The number of carboxylic acid groups (broad SMARTS) is 1. The van der Waals surface area contributed by atoms with Crippen LogP contribution in [0.25, 0.3) is 11.8 Å². The number of hydrogen-bond acceptors (Lipinski definition) is 7. The molecule has 5 rings (SSSR count). The monoisotopic (exact) mass is 545 g/mol. The van der Waals surface area contributed by atoms with Crippen LogP contribution in [0.15, 0.2) is 54.9 Å². The first-order chi connectivity index (χ1) is 18.7. The Hall–Kier alpha value is -4.64. The SMILES string of the molecule is Cc1nn(C)c2c1CCN(C(=O)/C=C/c1cc(Cl)ccc1-n1cnnn1)C2C(=O)Cc1ccc(C(=O)O)cc1. The molecular formula is C27H24ClN7O4. The molecule has 3 heterocycles. The van der Waals surface area contributed by atoms with Crippen LogP contribution >= 0.6 is 11.6 Å². The van der Waals surface area contributed by atoms with Gasteiger partial charge in [-0.25, -0.2) is 4.79 Å². The highest BCUT2D eigenvalue weighted by Crippen LogP contribution is 2.33. The number of aryl methyl sites for hydroxylation is 2. The summed E-state index contributed by atoms with van der Waals surface area (Å²) >= 11 is 6.21. The van der Waals surface area contributed by atoms with E-state index in [0.717, 1.165) is 11.3 Å². The minimum Gasteiger partial charge on any atom is -0.478 e. The highest BCUT2D eigenvalue weighted by molar-refractivity contribution is 6.30. The Morgan fingerprint density at radius 1 is 1.15 bits per heavy atom. The quantitative estimate of drug-likeness (QED) is 0.350. The third-order valence-electron chi connectivity index (χ3n) is 6.73. The Bertz CT molecular complexity index is 1590. The number of carboxylic acids is 1. The number of aromatic carboxylic acids is 1. The summed E-state index contributed by atoms with van der Waals surface area (Å²) in [5, 5.41) is 25.4. The fourth-order valence-electron chi connectivity index (χ4n) is 4.90. The molecule has 198 valence electrons. The molecule has 0 aliphatic carbocycles. The Balaban J connectivity index is 1.46. The number of benzene rings is 2. The second kappa shape index (κ2) is 10.6. The summed E-state index contributed by atoms with van der Waals surface area (Å²) in [4.78, 5) is 40.1. The smallest absolute Gasteiger partial charge is 0.335 e. The molecule has 39 heavy (non-hydrogen) atoms. The van der Waals surface area contributed by atoms with E-state index in [4.69, 9.17) is 11.6 Å². The first kappa shape index (κ1) is 26.0. The van der Waals surface area contributed by atoms with Crippen molar-refractivity contribution in [3.8, 4) is 5.69 Å². The zero-order chi connectivity index (χ0) is 27.7. The standard InChI is InChI=1S/C27H24ClN7O4/c1-16-21-11-12-34(24(37)10-7-19-14-20(28)8-9-22(19)35-15-29-31-32-35)26(25(21)33(2)30-16)23(36)13-17-3-5-18(6-4-17)27(38)39/h3-10,14-15,26H,11-13H2,1-2H3,(H,38,39)/b10-7+. The molecule has 4 aromatic rings. The van der Waals surface area contributed by atoms with Gasteiger partial charge in [-0.05, 0) is 65.7 Å². The van der Waals surface area contributed by atoms with Crippen LogP contribution in [0, 0.1) is 6.92 Å². The minimum absolute atomic E-state index is 0.0272. The van der Waals surface area contributed by atoms with Crippen LogP contribution in [-0.4, -0.2) is 64.2 Å². The van der Waals surface area contributed by atoms with Crippen molar-refractivity contribution in [1.82, 2.24) is 34.9 Å². The molecule has 1 aliphatic heterocycles. The first-order valence-electron chi connectivity index (χ1n) is 12.1. The zero-order valence-corrected chi connectivity index (χ0v) is 21.9. The van der Waals surface area contributed by atoms with E-state index < -0.39 is 12.0 Å². The van der Waals surface area contributed by atoms with Gasteiger partial charge in [0.1, 0.15) is 12.4 Å². The van der Waals surface area contributed by atoms with Crippen molar-refractivity contribution < 1.29 is 19.5 Å². The second-order valence-corrected chi connectivity index (χ2v) is 9.63. The Morgan fingerprint density at radius 3 is 2.62 bits per heavy atom. The number of carbonyl (C=O) groups excluding carboxylic acids is 2. The second-order valence-electron chi connectivity index (χ2n) is 9.19. The Kier molecular flexibility index (Phi) is 7.07. The third kappa shape index (κ3) is 5.21. The van der Waals surface area contributed by atoms with Gasteiger partial charge in [0, 0.05) is 42.2 Å². The summed E-state index contributed by atoms with van der Waals surface area (Å²) in [6, 6.07) is 10.5. The van der Waals surface area contributed by atoms with E-state index in [1.807, 2.05) is 6.92 Å². The number of aromatic nitrogens is 6. The average Bonchev–Trinajstić information content (AvgIpc) is 3.55. The first-order valence-corrected chi connectivity index (χ1v) is 12.5. The van der Waals surface area contributed by atoms with Crippen LogP contribution in [0.5, 0.6) is 0 Å². The van der Waals surface area contributed by atoms with Crippen LogP contribution in [0.3, 0.4) is 0 Å². The van der Waals surface area contributed by atoms with Gasteiger partial charge in [0.15, 0.2) is 5.78 Å². The number of halogens is 1. The highest BCUT2D eigenvalue weighted by atomic mass is 35.5. The average molecular weight is 546 g/mol. The van der Waals surface area contributed by atoms with Crippen molar-refractivity contribution in [2.24, 2.45) is 7.05 Å². The van der Waals surface area contributed by atoms with Crippen molar-refractivity contribution in [1.29, 1.82) is 0 Å². The molecule has 1 N–H and O–H groups in total. The lowest BCUT2D eigenvalue weighted by Gasteiger charge is -2.35. The maximum Gasteiger partial charge on any atom is 0.335 e. The fraction of sp³-hybridized carbons (Fsp3) is 0.222. The van der Waals surface area contributed by atoms with Crippen molar-refractivity contribution in [3.63, 3.8) is 0 Å². The van der Waals surface area contributed by atoms with Crippen LogP contribution in [-0.2, 0) is 29.5 Å². The number of amides is 1. The molecule has 0 bridgehead atoms. The zero-order valence-electron chi connectivity index (χ0n) is 21.2. The molecule has 1 amide bonds. The summed E-state index contributed by atoms with van der Waals surface area (Å²) in [7, 11) is 1.77. The van der Waals surface area contributed by atoms with Crippen molar-refractivity contribution in [3.05, 3.63) is 93.5 Å². The Morgan fingerprint density at radius 2 is 1.92 bits per heavy atom. The number of rotatable bonds is 7. The summed E-state index contributed by atoms with van der Waals surface area (Å²) in [6.07, 6.45) is 5.08. The van der Waals surface area contributed by atoms with Crippen molar-refractivity contribution in [2.75, 3.05) is 6.54 Å². The molecule has 1 unspecified atom stereocenters. The van der Waals surface area contributed by atoms with Gasteiger partial charge >= 0.3 is 5.97 Å². The molecule has 0 saturated heterocycles. The minimum atomic E-state index is -1.04. The number of ketones is 1. The van der Waals surface area contributed by atoms with Gasteiger partial charge in [-0.3, -0.25) is 14.3 Å². The molecule has 11 nitrogen and oxygen atoms in total. The van der Waals surface area contributed by atoms with Crippen LogP contribution in [0.1, 0.15) is 44.5 Å². The van der Waals surface area contributed by atoms with Gasteiger partial charge in [0.05, 0.1) is 22.6 Å². The maximum atomic E-state index is 13.7. The van der Waals surface area contributed by atoms with E-state index in [0.29, 0.717) is 40.5 Å². The van der Waals surface area contributed by atoms with Crippen molar-refractivity contribution in [2.45, 2.75) is 25.8 Å². The summed E-state index contributed by atoms with van der Waals surface area (Å²) in [5.41, 5.74) is 4.52. The molecule has 12 heteroatoms. The van der Waals surface area contributed by atoms with Crippen LogP contribution in [0.4, 0.5) is 0 Å². The normalized spacial score (nSPS) is 14.9. The summed E-state index contributed by atoms with van der Waals surface area (Å²) in [5.74, 6) is -1.58. The third-order valence-corrected chi connectivity index (χ3v) is 6.96. The van der Waals surface area contributed by atoms with E-state index in [1.54, 1.807) is 53.0 Å². The van der Waals surface area contributed by atoms with E-state index in [1.165, 1.54) is 29.2 Å². The van der Waals surface area contributed by atoms with Gasteiger partial charge in [0.25, 0.3) is 0 Å². The van der Waals surface area contributed by atoms with Crippen molar-refractivity contribution >= 4 is 35.3 Å². The van der Waals surface area contributed by atoms with Gasteiger partial charge < -0.3 is 10.0 Å². The maximum absolute atomic E-state index is 13.7. The van der Waals surface area contributed by atoms with Crippen LogP contribution < -0.4 is 0 Å². The predicted molar refractivity (Wildman–Crippen MR) is 141 cm³/mol. The fourth-order valence-corrected chi connectivity index (χ4v) is 5.08. The van der Waals surface area contributed by atoms with Gasteiger partial charge in [0.2, 0.25) is 5.91 Å². The number of carbonyl (C=O) groups is 3. The van der Waals surface area contributed by atoms with E-state index in [2.05, 4.69) is 20.6 Å². The number of nitrogens with zero attached hydrogens (tertiary/aromatic N) is 7. The van der Waals surface area contributed by atoms with Gasteiger partial charge in [-0.2, -0.15) is 9.78 Å². The number of Topliss-reactive ketones (excluding diaryl/α,β-unsaturated/α-hetero) is 1. The molecule has 2 aromatic heterocycles. The lowest BCUT2D eigenvalue weighted by molar-refractivity contribution is -0.136. The van der Waals surface area contributed by atoms with E-state index in [-0.39, 0.29) is 23.7 Å².